The summed E-state index contributed by atoms with van der Waals surface area (Å²) in [6.45, 7) is 1.46. The van der Waals surface area contributed by atoms with E-state index in [2.05, 4.69) is 20.2 Å². The molecule has 10 heteroatoms. The van der Waals surface area contributed by atoms with E-state index in [1.54, 1.807) is 18.3 Å². The van der Waals surface area contributed by atoms with Gasteiger partial charge in [0.25, 0.3) is 0 Å². The highest BCUT2D eigenvalue weighted by molar-refractivity contribution is 5.77. The molecule has 3 heterocycles. The Labute approximate surface area is 190 Å². The van der Waals surface area contributed by atoms with Crippen molar-refractivity contribution in [1.82, 2.24) is 19.5 Å². The lowest BCUT2D eigenvalue weighted by atomic mass is 9.85. The van der Waals surface area contributed by atoms with Gasteiger partial charge in [-0.05, 0) is 62.8 Å². The Morgan fingerprint density at radius 1 is 1.06 bits per heavy atom. The first-order valence-electron chi connectivity index (χ1n) is 11.5. The van der Waals surface area contributed by atoms with Crippen molar-refractivity contribution < 1.29 is 13.9 Å². The van der Waals surface area contributed by atoms with Gasteiger partial charge >= 0.3 is 0 Å². The third kappa shape index (κ3) is 4.75. The predicted molar refractivity (Wildman–Crippen MR) is 123 cm³/mol. The van der Waals surface area contributed by atoms with Crippen LogP contribution in [0.1, 0.15) is 44.6 Å². The molecular weight excluding hydrogens is 425 g/mol. The minimum Gasteiger partial charge on any atom is -0.381 e. The van der Waals surface area contributed by atoms with Gasteiger partial charge in [0.2, 0.25) is 17.8 Å². The van der Waals surface area contributed by atoms with Crippen molar-refractivity contribution in [2.24, 2.45) is 11.7 Å². The van der Waals surface area contributed by atoms with E-state index >= 15 is 0 Å². The number of ether oxygens (including phenoxy) is 1. The molecule has 2 fully saturated rings. The molecule has 1 aliphatic carbocycles. The molecule has 4 N–H and O–H groups in total. The summed E-state index contributed by atoms with van der Waals surface area (Å²) in [5.41, 5.74) is 7.67. The molecule has 9 nitrogen and oxygen atoms in total. The standard InChI is InChI=1S/C23H28FN7O2/c24-15-3-5-16(6-4-15)28-23-29-19-13-26-22(27-17-9-11-33-12-10-17)30-21(19)31(23)18-7-1-14(2-8-18)20(25)32/h3-6,13-14,17-18H,1-2,7-12H2,(H2,25,32)(H,28,29)(H,26,27,30)/t14-,18+. The van der Waals surface area contributed by atoms with Crippen molar-refractivity contribution in [2.75, 3.05) is 23.8 Å². The van der Waals surface area contributed by atoms with Crippen LogP contribution in [-0.4, -0.2) is 44.7 Å². The van der Waals surface area contributed by atoms with Gasteiger partial charge < -0.3 is 21.1 Å². The second-order valence-corrected chi connectivity index (χ2v) is 8.78. The highest BCUT2D eigenvalue weighted by Gasteiger charge is 2.29. The number of primary amides is 1. The normalized spacial score (nSPS) is 21.7. The van der Waals surface area contributed by atoms with Crippen LogP contribution in [-0.2, 0) is 9.53 Å². The number of nitrogens with one attached hydrogen (secondary N) is 2. The Morgan fingerprint density at radius 3 is 2.48 bits per heavy atom. The molecule has 0 atom stereocenters. The number of halogens is 1. The number of carbonyl (C=O) groups excluding carboxylic acids is 1. The SMILES string of the molecule is NC(=O)[C@H]1CC[C@@H](n2c(Nc3ccc(F)cc3)nc3cnc(NC4CCOCC4)nc32)CC1. The van der Waals surface area contributed by atoms with Crippen LogP contribution in [0, 0.1) is 11.7 Å². The van der Waals surface area contributed by atoms with Gasteiger partial charge in [0.05, 0.1) is 6.20 Å². The average Bonchev–Trinajstić information content (AvgIpc) is 3.18. The summed E-state index contributed by atoms with van der Waals surface area (Å²) in [7, 11) is 0. The molecule has 5 rings (SSSR count). The molecule has 0 bridgehead atoms. The number of benzene rings is 1. The van der Waals surface area contributed by atoms with E-state index in [0.29, 0.717) is 17.4 Å². The van der Waals surface area contributed by atoms with E-state index in [1.807, 2.05) is 0 Å². The number of amides is 1. The zero-order valence-electron chi connectivity index (χ0n) is 18.3. The first kappa shape index (κ1) is 21.6. The number of rotatable bonds is 6. The fourth-order valence-electron chi connectivity index (χ4n) is 4.70. The topological polar surface area (TPSA) is 120 Å². The van der Waals surface area contributed by atoms with Crippen LogP contribution in [0.3, 0.4) is 0 Å². The van der Waals surface area contributed by atoms with E-state index in [4.69, 9.17) is 20.4 Å². The molecule has 1 aromatic carbocycles. The number of imidazole rings is 1. The van der Waals surface area contributed by atoms with Gasteiger partial charge in [0, 0.05) is 36.9 Å². The third-order valence-corrected chi connectivity index (χ3v) is 6.55. The van der Waals surface area contributed by atoms with Crippen molar-refractivity contribution in [3.8, 4) is 0 Å². The van der Waals surface area contributed by atoms with Gasteiger partial charge in [0.1, 0.15) is 11.3 Å². The maximum Gasteiger partial charge on any atom is 0.224 e. The van der Waals surface area contributed by atoms with E-state index in [-0.39, 0.29) is 29.7 Å². The van der Waals surface area contributed by atoms with Gasteiger partial charge in [0.15, 0.2) is 5.65 Å². The van der Waals surface area contributed by atoms with Crippen molar-refractivity contribution in [1.29, 1.82) is 0 Å². The second-order valence-electron chi connectivity index (χ2n) is 8.78. The molecular formula is C23H28FN7O2. The Bertz CT molecular complexity index is 1120. The zero-order chi connectivity index (χ0) is 22.8. The lowest BCUT2D eigenvalue weighted by Gasteiger charge is -2.29. The summed E-state index contributed by atoms with van der Waals surface area (Å²) in [4.78, 5) is 25.7. The first-order valence-corrected chi connectivity index (χ1v) is 11.5. The lowest BCUT2D eigenvalue weighted by molar-refractivity contribution is -0.122. The molecule has 33 heavy (non-hydrogen) atoms. The molecule has 1 saturated heterocycles. The first-order chi connectivity index (χ1) is 16.1. The van der Waals surface area contributed by atoms with E-state index in [0.717, 1.165) is 63.1 Å². The molecule has 174 valence electrons. The molecule has 1 aliphatic heterocycles. The minimum atomic E-state index is -0.298. The maximum absolute atomic E-state index is 13.4. The van der Waals surface area contributed by atoms with Crippen molar-refractivity contribution in [3.63, 3.8) is 0 Å². The quantitative estimate of drug-likeness (QED) is 0.522. The van der Waals surface area contributed by atoms with Crippen molar-refractivity contribution >= 4 is 34.7 Å². The van der Waals surface area contributed by atoms with Crippen molar-refractivity contribution in [2.45, 2.75) is 50.6 Å². The molecule has 1 saturated carbocycles. The Morgan fingerprint density at radius 2 is 1.79 bits per heavy atom. The van der Waals surface area contributed by atoms with Gasteiger partial charge in [-0.1, -0.05) is 0 Å². The number of carbonyl (C=O) groups is 1. The molecule has 1 amide bonds. The van der Waals surface area contributed by atoms with Crippen LogP contribution in [0.5, 0.6) is 0 Å². The van der Waals surface area contributed by atoms with Crippen LogP contribution >= 0.6 is 0 Å². The van der Waals surface area contributed by atoms with Crippen molar-refractivity contribution in [3.05, 3.63) is 36.3 Å². The number of nitrogens with two attached hydrogens (primary N) is 1. The third-order valence-electron chi connectivity index (χ3n) is 6.55. The smallest absolute Gasteiger partial charge is 0.224 e. The summed E-state index contributed by atoms with van der Waals surface area (Å²) in [6.07, 6.45) is 6.60. The molecule has 0 unspecified atom stereocenters. The number of hydrogen-bond acceptors (Lipinski definition) is 7. The number of fused-ring (bicyclic) bond motifs is 1. The van der Waals surface area contributed by atoms with E-state index < -0.39 is 0 Å². The number of anilines is 3. The van der Waals surface area contributed by atoms with Crippen LogP contribution in [0.4, 0.5) is 22.0 Å². The molecule has 3 aromatic rings. The van der Waals surface area contributed by atoms with Crippen LogP contribution < -0.4 is 16.4 Å². The maximum atomic E-state index is 13.4. The van der Waals surface area contributed by atoms with Gasteiger partial charge in [-0.25, -0.2) is 14.4 Å². The number of hydrogen-bond donors (Lipinski definition) is 3. The monoisotopic (exact) mass is 453 g/mol. The number of nitrogens with zero attached hydrogens (tertiary/aromatic N) is 4. The molecule has 0 radical (unpaired) electrons. The predicted octanol–water partition coefficient (Wildman–Crippen LogP) is 3.52. The fraction of sp³-hybridized carbons (Fsp3) is 0.478. The highest BCUT2D eigenvalue weighted by Crippen LogP contribution is 2.37. The largest absolute Gasteiger partial charge is 0.381 e. The van der Waals surface area contributed by atoms with Gasteiger partial charge in [-0.2, -0.15) is 4.98 Å². The molecule has 2 aliphatic rings. The van der Waals surface area contributed by atoms with Gasteiger partial charge in [-0.3, -0.25) is 9.36 Å². The minimum absolute atomic E-state index is 0.0927. The fourth-order valence-corrected chi connectivity index (χ4v) is 4.70. The van der Waals surface area contributed by atoms with Gasteiger partial charge in [-0.15, -0.1) is 0 Å². The summed E-state index contributed by atoms with van der Waals surface area (Å²) >= 11 is 0. The molecule has 0 spiro atoms. The Kier molecular flexibility index (Phi) is 6.08. The summed E-state index contributed by atoms with van der Waals surface area (Å²) in [5, 5.41) is 6.73. The summed E-state index contributed by atoms with van der Waals surface area (Å²) < 4.78 is 20.9. The molecule has 2 aromatic heterocycles. The second kappa shape index (κ2) is 9.30. The Balaban J connectivity index is 1.48. The van der Waals surface area contributed by atoms with Crippen LogP contribution in [0.2, 0.25) is 0 Å². The van der Waals surface area contributed by atoms with Crippen LogP contribution in [0.25, 0.3) is 11.2 Å². The highest BCUT2D eigenvalue weighted by atomic mass is 19.1. The van der Waals surface area contributed by atoms with Crippen LogP contribution in [0.15, 0.2) is 30.5 Å². The van der Waals surface area contributed by atoms with E-state index in [1.165, 1.54) is 12.1 Å². The summed E-state index contributed by atoms with van der Waals surface area (Å²) in [5.74, 6) is 0.559. The van der Waals surface area contributed by atoms with E-state index in [9.17, 15) is 9.18 Å². The average molecular weight is 454 g/mol. The lowest BCUT2D eigenvalue weighted by Crippen LogP contribution is -2.29. The Hall–Kier alpha value is -3.27. The summed E-state index contributed by atoms with van der Waals surface area (Å²) in [6, 6.07) is 6.54. The number of aromatic nitrogens is 4. The zero-order valence-corrected chi connectivity index (χ0v) is 18.3.